The van der Waals surface area contributed by atoms with Gasteiger partial charge in [0, 0.05) is 18.7 Å². The highest BCUT2D eigenvalue weighted by Crippen LogP contribution is 2.19. The van der Waals surface area contributed by atoms with Crippen LogP contribution in [0.5, 0.6) is 0 Å². The molecule has 0 aliphatic carbocycles. The molecular formula is C11H13F4NO. The largest absolute Gasteiger partial charge is 0.390 e. The second-order valence-corrected chi connectivity index (χ2v) is 3.61. The van der Waals surface area contributed by atoms with Crippen molar-refractivity contribution in [2.24, 2.45) is 0 Å². The molecule has 0 aromatic heterocycles. The Balaban J connectivity index is 2.36. The molecule has 0 aliphatic heterocycles. The van der Waals surface area contributed by atoms with Crippen LogP contribution in [0.15, 0.2) is 24.3 Å². The van der Waals surface area contributed by atoms with Gasteiger partial charge in [0.2, 0.25) is 0 Å². The summed E-state index contributed by atoms with van der Waals surface area (Å²) in [5.41, 5.74) is 0.0759. The van der Waals surface area contributed by atoms with Gasteiger partial charge in [-0.2, -0.15) is 13.2 Å². The fraction of sp³-hybridized carbons (Fsp3) is 0.455. The van der Waals surface area contributed by atoms with Crippen LogP contribution >= 0.6 is 0 Å². The molecule has 0 radical (unpaired) electrons. The molecule has 0 spiro atoms. The number of halogens is 4. The lowest BCUT2D eigenvalue weighted by molar-refractivity contribution is -0.133. The maximum atomic E-state index is 13.2. The number of benzene rings is 1. The van der Waals surface area contributed by atoms with Crippen molar-refractivity contribution in [3.8, 4) is 0 Å². The molecule has 0 saturated heterocycles. The fourth-order valence-electron chi connectivity index (χ4n) is 1.32. The molecule has 6 heteroatoms. The summed E-state index contributed by atoms with van der Waals surface area (Å²) in [4.78, 5) is 0. The summed E-state index contributed by atoms with van der Waals surface area (Å²) < 4.78 is 48.6. The SMILES string of the molecule is OC(CNCCC(F)(F)F)c1ccccc1F. The third kappa shape index (κ3) is 5.14. The van der Waals surface area contributed by atoms with Gasteiger partial charge in [-0.3, -0.25) is 0 Å². The maximum absolute atomic E-state index is 13.2. The Labute approximate surface area is 96.3 Å². The van der Waals surface area contributed by atoms with E-state index in [0.717, 1.165) is 0 Å². The van der Waals surface area contributed by atoms with Gasteiger partial charge in [-0.15, -0.1) is 0 Å². The molecule has 0 fully saturated rings. The molecule has 0 saturated carbocycles. The van der Waals surface area contributed by atoms with Crippen molar-refractivity contribution in [3.05, 3.63) is 35.6 Å². The highest BCUT2D eigenvalue weighted by molar-refractivity contribution is 5.19. The molecule has 1 unspecified atom stereocenters. The molecule has 0 bridgehead atoms. The van der Waals surface area contributed by atoms with Crippen molar-refractivity contribution < 1.29 is 22.7 Å². The van der Waals surface area contributed by atoms with Gasteiger partial charge in [0.05, 0.1) is 12.5 Å². The van der Waals surface area contributed by atoms with Gasteiger partial charge in [0.25, 0.3) is 0 Å². The van der Waals surface area contributed by atoms with E-state index in [0.29, 0.717) is 0 Å². The molecular weight excluding hydrogens is 238 g/mol. The molecule has 1 atom stereocenters. The smallest absolute Gasteiger partial charge is 0.387 e. The second-order valence-electron chi connectivity index (χ2n) is 3.61. The number of hydrogen-bond acceptors (Lipinski definition) is 2. The Morgan fingerprint density at radius 2 is 1.88 bits per heavy atom. The summed E-state index contributed by atoms with van der Waals surface area (Å²) in [6.07, 6.45) is -6.35. The van der Waals surface area contributed by atoms with Crippen LogP contribution in [0.3, 0.4) is 0 Å². The van der Waals surface area contributed by atoms with E-state index in [-0.39, 0.29) is 18.7 Å². The Morgan fingerprint density at radius 1 is 1.24 bits per heavy atom. The molecule has 0 amide bonds. The monoisotopic (exact) mass is 251 g/mol. The maximum Gasteiger partial charge on any atom is 0.390 e. The summed E-state index contributed by atoms with van der Waals surface area (Å²) in [5, 5.41) is 12.0. The molecule has 2 N–H and O–H groups in total. The average molecular weight is 251 g/mol. The van der Waals surface area contributed by atoms with Gasteiger partial charge >= 0.3 is 6.18 Å². The minimum Gasteiger partial charge on any atom is -0.387 e. The standard InChI is InChI=1S/C11H13F4NO/c12-9-4-2-1-3-8(9)10(17)7-16-6-5-11(13,14)15/h1-4,10,16-17H,5-7H2. The van der Waals surface area contributed by atoms with E-state index in [1.165, 1.54) is 18.2 Å². The molecule has 0 aliphatic rings. The topological polar surface area (TPSA) is 32.3 Å². The Bertz CT molecular complexity index is 354. The van der Waals surface area contributed by atoms with Crippen molar-refractivity contribution >= 4 is 0 Å². The van der Waals surface area contributed by atoms with Gasteiger partial charge in [-0.25, -0.2) is 4.39 Å². The lowest BCUT2D eigenvalue weighted by Gasteiger charge is -2.13. The van der Waals surface area contributed by atoms with Gasteiger partial charge in [-0.05, 0) is 6.07 Å². The summed E-state index contributed by atoms with van der Waals surface area (Å²) >= 11 is 0. The van der Waals surface area contributed by atoms with Crippen molar-refractivity contribution in [3.63, 3.8) is 0 Å². The number of rotatable bonds is 5. The minimum atomic E-state index is -4.23. The third-order valence-corrected chi connectivity index (χ3v) is 2.19. The van der Waals surface area contributed by atoms with E-state index in [1.807, 2.05) is 0 Å². The van der Waals surface area contributed by atoms with Crippen molar-refractivity contribution in [1.29, 1.82) is 0 Å². The Morgan fingerprint density at radius 3 is 2.47 bits per heavy atom. The predicted molar refractivity (Wildman–Crippen MR) is 54.9 cm³/mol. The number of nitrogens with one attached hydrogen (secondary N) is 1. The van der Waals surface area contributed by atoms with Gasteiger partial charge < -0.3 is 10.4 Å². The van der Waals surface area contributed by atoms with E-state index in [4.69, 9.17) is 0 Å². The van der Waals surface area contributed by atoms with Crippen LogP contribution in [0.2, 0.25) is 0 Å². The zero-order valence-electron chi connectivity index (χ0n) is 8.97. The van der Waals surface area contributed by atoms with E-state index in [1.54, 1.807) is 6.07 Å². The lowest BCUT2D eigenvalue weighted by atomic mass is 10.1. The number of aliphatic hydroxyl groups excluding tert-OH is 1. The molecule has 1 aromatic carbocycles. The fourth-order valence-corrected chi connectivity index (χ4v) is 1.32. The van der Waals surface area contributed by atoms with Crippen LogP contribution in [0.4, 0.5) is 17.6 Å². The molecule has 0 heterocycles. The summed E-state index contributed by atoms with van der Waals surface area (Å²) in [6.45, 7) is -0.411. The highest BCUT2D eigenvalue weighted by Gasteiger charge is 2.26. The molecule has 1 aromatic rings. The van der Waals surface area contributed by atoms with Crippen LogP contribution in [0, 0.1) is 5.82 Å². The Kier molecular flexibility index (Phi) is 4.89. The molecule has 17 heavy (non-hydrogen) atoms. The van der Waals surface area contributed by atoms with Crippen LogP contribution in [0.1, 0.15) is 18.1 Å². The first-order valence-electron chi connectivity index (χ1n) is 5.10. The van der Waals surface area contributed by atoms with E-state index in [2.05, 4.69) is 5.32 Å². The van der Waals surface area contributed by atoms with E-state index in [9.17, 15) is 22.7 Å². The Hall–Kier alpha value is -1.14. The summed E-state index contributed by atoms with van der Waals surface area (Å²) in [6, 6.07) is 5.61. The normalized spacial score (nSPS) is 13.7. The summed E-state index contributed by atoms with van der Waals surface area (Å²) in [5.74, 6) is -0.572. The molecule has 96 valence electrons. The van der Waals surface area contributed by atoms with Gasteiger partial charge in [0.1, 0.15) is 5.82 Å². The third-order valence-electron chi connectivity index (χ3n) is 2.19. The van der Waals surface area contributed by atoms with Crippen molar-refractivity contribution in [2.75, 3.05) is 13.1 Å². The second kappa shape index (κ2) is 5.97. The average Bonchev–Trinajstić information content (AvgIpc) is 2.23. The van der Waals surface area contributed by atoms with Crippen LogP contribution in [-0.4, -0.2) is 24.4 Å². The molecule has 2 nitrogen and oxygen atoms in total. The van der Waals surface area contributed by atoms with Gasteiger partial charge in [-0.1, -0.05) is 18.2 Å². The zero-order chi connectivity index (χ0) is 12.9. The van der Waals surface area contributed by atoms with Crippen molar-refractivity contribution in [2.45, 2.75) is 18.7 Å². The first-order valence-corrected chi connectivity index (χ1v) is 5.10. The van der Waals surface area contributed by atoms with Crippen LogP contribution < -0.4 is 5.32 Å². The lowest BCUT2D eigenvalue weighted by Crippen LogP contribution is -2.26. The zero-order valence-corrected chi connectivity index (χ0v) is 8.97. The molecule has 1 rings (SSSR count). The summed E-state index contributed by atoms with van der Waals surface area (Å²) in [7, 11) is 0. The first kappa shape index (κ1) is 13.9. The predicted octanol–water partition coefficient (Wildman–Crippen LogP) is 2.40. The van der Waals surface area contributed by atoms with Crippen LogP contribution in [0.25, 0.3) is 0 Å². The number of hydrogen-bond donors (Lipinski definition) is 2. The number of alkyl halides is 3. The quantitative estimate of drug-likeness (QED) is 0.622. The number of aliphatic hydroxyl groups is 1. The highest BCUT2D eigenvalue weighted by atomic mass is 19.4. The van der Waals surface area contributed by atoms with E-state index >= 15 is 0 Å². The minimum absolute atomic E-state index is 0.0759. The van der Waals surface area contributed by atoms with Gasteiger partial charge in [0.15, 0.2) is 0 Å². The van der Waals surface area contributed by atoms with Crippen molar-refractivity contribution in [1.82, 2.24) is 5.32 Å². The first-order chi connectivity index (χ1) is 7.90. The van der Waals surface area contributed by atoms with Crippen LogP contribution in [-0.2, 0) is 0 Å². The van der Waals surface area contributed by atoms with E-state index < -0.39 is 24.5 Å².